The van der Waals surface area contributed by atoms with Gasteiger partial charge in [-0.1, -0.05) is 6.08 Å². The van der Waals surface area contributed by atoms with Crippen LogP contribution in [0.5, 0.6) is 17.2 Å². The average molecular weight is 332 g/mol. The number of fused-ring (bicyclic) bond motifs is 1. The van der Waals surface area contributed by atoms with E-state index in [0.29, 0.717) is 35.3 Å². The lowest BCUT2D eigenvalue weighted by Crippen LogP contribution is -2.16. The summed E-state index contributed by atoms with van der Waals surface area (Å²) < 4.78 is 16.5. The van der Waals surface area contributed by atoms with Gasteiger partial charge in [0.25, 0.3) is 5.91 Å². The van der Waals surface area contributed by atoms with Crippen LogP contribution in [0.3, 0.4) is 0 Å². The first-order chi connectivity index (χ1) is 11.2. The number of carbonyl (C=O) groups is 1. The molecule has 120 valence electrons. The lowest BCUT2D eigenvalue weighted by atomic mass is 10.1. The van der Waals surface area contributed by atoms with Gasteiger partial charge in [0, 0.05) is 7.05 Å². The maximum absolute atomic E-state index is 11.5. The molecule has 0 aliphatic carbocycles. The molecule has 0 bridgehead atoms. The van der Waals surface area contributed by atoms with Crippen LogP contribution < -0.4 is 19.5 Å². The summed E-state index contributed by atoms with van der Waals surface area (Å²) >= 11 is 1.33. The molecule has 1 aromatic carbocycles. The second kappa shape index (κ2) is 6.70. The Bertz CT molecular complexity index is 737. The van der Waals surface area contributed by atoms with Crippen LogP contribution in [0.2, 0.25) is 0 Å². The summed E-state index contributed by atoms with van der Waals surface area (Å²) in [5.41, 5.74) is 0.905. The van der Waals surface area contributed by atoms with Crippen molar-refractivity contribution in [3.63, 3.8) is 0 Å². The first kappa shape index (κ1) is 15.4. The minimum absolute atomic E-state index is 0.136. The molecular formula is C16H16N2O4S. The van der Waals surface area contributed by atoms with Gasteiger partial charge >= 0.3 is 0 Å². The zero-order chi connectivity index (χ0) is 16.2. The highest BCUT2D eigenvalue weighted by Crippen LogP contribution is 2.40. The van der Waals surface area contributed by atoms with Gasteiger partial charge in [0.2, 0.25) is 5.75 Å². The molecule has 1 aromatic heterocycles. The third-order valence-electron chi connectivity index (χ3n) is 3.24. The maximum Gasteiger partial charge on any atom is 0.262 e. The van der Waals surface area contributed by atoms with Gasteiger partial charge in [-0.25, -0.2) is 4.98 Å². The monoisotopic (exact) mass is 332 g/mol. The molecule has 0 radical (unpaired) electrons. The fourth-order valence-electron chi connectivity index (χ4n) is 2.15. The fourth-order valence-corrected chi connectivity index (χ4v) is 2.92. The van der Waals surface area contributed by atoms with Crippen molar-refractivity contribution in [1.82, 2.24) is 10.3 Å². The number of hydrogen-bond donors (Lipinski definition) is 1. The molecule has 2 heterocycles. The number of methoxy groups -OCH3 is 1. The van der Waals surface area contributed by atoms with Gasteiger partial charge in [-0.3, -0.25) is 4.79 Å². The second-order valence-electron chi connectivity index (χ2n) is 4.72. The van der Waals surface area contributed by atoms with E-state index in [0.717, 1.165) is 10.6 Å². The Kier molecular flexibility index (Phi) is 4.47. The molecule has 3 rings (SSSR count). The summed E-state index contributed by atoms with van der Waals surface area (Å²) in [5.74, 6) is 1.79. The normalized spacial score (nSPS) is 13.1. The topological polar surface area (TPSA) is 69.7 Å². The van der Waals surface area contributed by atoms with E-state index in [1.54, 1.807) is 20.4 Å². The highest BCUT2D eigenvalue weighted by Gasteiger charge is 2.17. The number of aromatic nitrogens is 1. The van der Waals surface area contributed by atoms with Gasteiger partial charge in [-0.15, -0.1) is 11.3 Å². The Morgan fingerprint density at radius 2 is 2.17 bits per heavy atom. The van der Waals surface area contributed by atoms with Crippen molar-refractivity contribution >= 4 is 29.4 Å². The van der Waals surface area contributed by atoms with E-state index >= 15 is 0 Å². The number of rotatable bonds is 4. The SMILES string of the molecule is CNC(=O)c1cnc(/C=C\c2cc(OC)c3c(c2)OCCO3)s1. The molecule has 1 amide bonds. The summed E-state index contributed by atoms with van der Waals surface area (Å²) in [4.78, 5) is 16.3. The molecule has 0 unspecified atom stereocenters. The van der Waals surface area contributed by atoms with Crippen LogP contribution >= 0.6 is 11.3 Å². The van der Waals surface area contributed by atoms with E-state index in [9.17, 15) is 4.79 Å². The van der Waals surface area contributed by atoms with Crippen molar-refractivity contribution < 1.29 is 19.0 Å². The van der Waals surface area contributed by atoms with E-state index in [1.165, 1.54) is 11.3 Å². The molecular weight excluding hydrogens is 316 g/mol. The van der Waals surface area contributed by atoms with Crippen LogP contribution in [0.1, 0.15) is 20.2 Å². The molecule has 2 aromatic rings. The minimum atomic E-state index is -0.136. The van der Waals surface area contributed by atoms with Crippen LogP contribution in [-0.4, -0.2) is 38.3 Å². The summed E-state index contributed by atoms with van der Waals surface area (Å²) in [6.07, 6.45) is 5.31. The summed E-state index contributed by atoms with van der Waals surface area (Å²) in [7, 11) is 3.19. The smallest absolute Gasteiger partial charge is 0.262 e. The lowest BCUT2D eigenvalue weighted by molar-refractivity contribution is 0.0967. The second-order valence-corrected chi connectivity index (χ2v) is 5.78. The number of hydrogen-bond acceptors (Lipinski definition) is 6. The zero-order valence-corrected chi connectivity index (χ0v) is 13.6. The number of carbonyl (C=O) groups excluding carboxylic acids is 1. The zero-order valence-electron chi connectivity index (χ0n) is 12.8. The van der Waals surface area contributed by atoms with Gasteiger partial charge in [-0.05, 0) is 23.8 Å². The van der Waals surface area contributed by atoms with Gasteiger partial charge in [0.1, 0.15) is 23.1 Å². The number of amides is 1. The third kappa shape index (κ3) is 3.29. The lowest BCUT2D eigenvalue weighted by Gasteiger charge is -2.20. The number of ether oxygens (including phenoxy) is 3. The highest BCUT2D eigenvalue weighted by molar-refractivity contribution is 7.14. The molecule has 0 spiro atoms. The minimum Gasteiger partial charge on any atom is -0.493 e. The fraction of sp³-hybridized carbons (Fsp3) is 0.250. The molecule has 0 fully saturated rings. The number of benzene rings is 1. The quantitative estimate of drug-likeness (QED) is 0.931. The van der Waals surface area contributed by atoms with Crippen molar-refractivity contribution in [2.24, 2.45) is 0 Å². The summed E-state index contributed by atoms with van der Waals surface area (Å²) in [6, 6.07) is 3.76. The van der Waals surface area contributed by atoms with Gasteiger partial charge < -0.3 is 19.5 Å². The van der Waals surface area contributed by atoms with Crippen LogP contribution in [-0.2, 0) is 0 Å². The summed E-state index contributed by atoms with van der Waals surface area (Å²) in [6.45, 7) is 1.03. The number of nitrogens with zero attached hydrogens (tertiary/aromatic N) is 1. The van der Waals surface area contributed by atoms with Gasteiger partial charge in [0.15, 0.2) is 11.5 Å². The van der Waals surface area contributed by atoms with Crippen LogP contribution in [0.15, 0.2) is 18.3 Å². The average Bonchev–Trinajstić information content (AvgIpc) is 3.07. The van der Waals surface area contributed by atoms with Gasteiger partial charge in [0.05, 0.1) is 13.3 Å². The molecule has 23 heavy (non-hydrogen) atoms. The molecule has 0 saturated heterocycles. The summed E-state index contributed by atoms with van der Waals surface area (Å²) in [5, 5.41) is 3.33. The number of thiazole rings is 1. The highest BCUT2D eigenvalue weighted by atomic mass is 32.1. The standard InChI is InChI=1S/C16H16N2O4S/c1-17-16(19)13-9-18-14(23-13)4-3-10-7-11(20-2)15-12(8-10)21-5-6-22-15/h3-4,7-9H,5-6H2,1-2H3,(H,17,19)/b4-3-. The number of nitrogens with one attached hydrogen (secondary N) is 1. The predicted octanol–water partition coefficient (Wildman–Crippen LogP) is 2.45. The Morgan fingerprint density at radius 1 is 1.35 bits per heavy atom. The van der Waals surface area contributed by atoms with Crippen LogP contribution in [0, 0.1) is 0 Å². The molecule has 0 saturated carbocycles. The Labute approximate surface area is 137 Å². The largest absolute Gasteiger partial charge is 0.493 e. The van der Waals surface area contributed by atoms with E-state index < -0.39 is 0 Å². The molecule has 1 N–H and O–H groups in total. The molecule has 1 aliphatic rings. The third-order valence-corrected chi connectivity index (χ3v) is 4.20. The first-order valence-electron chi connectivity index (χ1n) is 7.05. The predicted molar refractivity (Wildman–Crippen MR) is 88.4 cm³/mol. The van der Waals surface area contributed by atoms with E-state index in [4.69, 9.17) is 14.2 Å². The van der Waals surface area contributed by atoms with E-state index in [1.807, 2.05) is 24.3 Å². The molecule has 1 aliphatic heterocycles. The van der Waals surface area contributed by atoms with Crippen molar-refractivity contribution in [2.75, 3.05) is 27.4 Å². The van der Waals surface area contributed by atoms with Crippen molar-refractivity contribution in [3.8, 4) is 17.2 Å². The van der Waals surface area contributed by atoms with Crippen molar-refractivity contribution in [1.29, 1.82) is 0 Å². The molecule has 7 heteroatoms. The van der Waals surface area contributed by atoms with Crippen molar-refractivity contribution in [3.05, 3.63) is 33.8 Å². The first-order valence-corrected chi connectivity index (χ1v) is 7.86. The van der Waals surface area contributed by atoms with Gasteiger partial charge in [-0.2, -0.15) is 0 Å². The Hall–Kier alpha value is -2.54. The van der Waals surface area contributed by atoms with Crippen molar-refractivity contribution in [2.45, 2.75) is 0 Å². The molecule has 0 atom stereocenters. The van der Waals surface area contributed by atoms with Crippen LogP contribution in [0.25, 0.3) is 12.2 Å². The molecule has 6 nitrogen and oxygen atoms in total. The Balaban J connectivity index is 1.84. The Morgan fingerprint density at radius 3 is 2.96 bits per heavy atom. The maximum atomic E-state index is 11.5. The van der Waals surface area contributed by atoms with E-state index in [-0.39, 0.29) is 5.91 Å². The van der Waals surface area contributed by atoms with E-state index in [2.05, 4.69) is 10.3 Å². The van der Waals surface area contributed by atoms with Crippen LogP contribution in [0.4, 0.5) is 0 Å².